The number of amides is 1. The van der Waals surface area contributed by atoms with Crippen LogP contribution in [-0.4, -0.2) is 47.2 Å². The molecule has 166 valence electrons. The van der Waals surface area contributed by atoms with E-state index in [-0.39, 0.29) is 22.9 Å². The minimum Gasteiger partial charge on any atom is -0.352 e. The van der Waals surface area contributed by atoms with Crippen LogP contribution in [-0.2, 0) is 11.2 Å². The minimum absolute atomic E-state index is 0.0367. The summed E-state index contributed by atoms with van der Waals surface area (Å²) in [6, 6.07) is 22.8. The van der Waals surface area contributed by atoms with Crippen LogP contribution >= 0.6 is 11.6 Å². The number of benzene rings is 3. The average molecular weight is 461 g/mol. The van der Waals surface area contributed by atoms with Gasteiger partial charge in [-0.1, -0.05) is 60.1 Å². The topological polar surface area (TPSA) is 49.3 Å². The second-order valence-electron chi connectivity index (χ2n) is 8.05. The highest BCUT2D eigenvalue weighted by Crippen LogP contribution is 2.28. The number of hydrogen-bond acceptors (Lipinski definition) is 4. The Kier molecular flexibility index (Phi) is 5.92. The molecule has 1 saturated heterocycles. The monoisotopic (exact) mass is 460 g/mol. The normalized spacial score (nSPS) is 14.0. The highest BCUT2D eigenvalue weighted by molar-refractivity contribution is 6.31. The quantitative estimate of drug-likeness (QED) is 0.431. The number of fused-ring (bicyclic) bond motifs is 1. The number of piperazine rings is 1. The molecule has 0 N–H and O–H groups in total. The number of anilines is 1. The molecule has 1 fully saturated rings. The molecule has 3 aromatic carbocycles. The van der Waals surface area contributed by atoms with Gasteiger partial charge in [-0.2, -0.15) is 0 Å². The van der Waals surface area contributed by atoms with Crippen LogP contribution in [0.3, 0.4) is 0 Å². The SMILES string of the molecule is O=C(Cc1c(F)cccc1Cl)N1CCN(c2ccc(-c3cccc4ccccc34)nn2)CC1. The zero-order chi connectivity index (χ0) is 22.8. The molecule has 0 spiro atoms. The van der Waals surface area contributed by atoms with Crippen molar-refractivity contribution in [2.24, 2.45) is 0 Å². The molecular weight excluding hydrogens is 439 g/mol. The van der Waals surface area contributed by atoms with Crippen molar-refractivity contribution < 1.29 is 9.18 Å². The Morgan fingerprint density at radius 1 is 0.879 bits per heavy atom. The molecular formula is C26H22ClFN4O. The number of nitrogens with zero attached hydrogens (tertiary/aromatic N) is 4. The molecule has 0 bridgehead atoms. The van der Waals surface area contributed by atoms with Crippen molar-refractivity contribution in [1.82, 2.24) is 15.1 Å². The van der Waals surface area contributed by atoms with Crippen molar-refractivity contribution in [1.29, 1.82) is 0 Å². The number of hydrogen-bond donors (Lipinski definition) is 0. The van der Waals surface area contributed by atoms with Crippen LogP contribution < -0.4 is 4.90 Å². The Morgan fingerprint density at radius 2 is 1.64 bits per heavy atom. The van der Waals surface area contributed by atoms with Crippen molar-refractivity contribution in [3.63, 3.8) is 0 Å². The molecule has 1 aliphatic heterocycles. The lowest BCUT2D eigenvalue weighted by Gasteiger charge is -2.35. The van der Waals surface area contributed by atoms with E-state index in [2.05, 4.69) is 39.4 Å². The highest BCUT2D eigenvalue weighted by Gasteiger charge is 2.24. The van der Waals surface area contributed by atoms with Crippen molar-refractivity contribution in [3.8, 4) is 11.3 Å². The fourth-order valence-corrected chi connectivity index (χ4v) is 4.47. The fourth-order valence-electron chi connectivity index (χ4n) is 4.24. The van der Waals surface area contributed by atoms with Crippen LogP contribution in [0.1, 0.15) is 5.56 Å². The minimum atomic E-state index is -0.448. The molecule has 0 saturated carbocycles. The first-order chi connectivity index (χ1) is 16.1. The van der Waals surface area contributed by atoms with Gasteiger partial charge in [-0.15, -0.1) is 10.2 Å². The van der Waals surface area contributed by atoms with Crippen LogP contribution in [0, 0.1) is 5.82 Å². The molecule has 7 heteroatoms. The van der Waals surface area contributed by atoms with Gasteiger partial charge >= 0.3 is 0 Å². The summed E-state index contributed by atoms with van der Waals surface area (Å²) in [6.45, 7) is 2.35. The molecule has 33 heavy (non-hydrogen) atoms. The third kappa shape index (κ3) is 4.39. The van der Waals surface area contributed by atoms with Crippen LogP contribution in [0.4, 0.5) is 10.2 Å². The van der Waals surface area contributed by atoms with E-state index < -0.39 is 5.82 Å². The maximum atomic E-state index is 14.0. The first-order valence-electron chi connectivity index (χ1n) is 10.9. The van der Waals surface area contributed by atoms with Crippen molar-refractivity contribution in [2.45, 2.75) is 6.42 Å². The average Bonchev–Trinajstić information content (AvgIpc) is 2.86. The number of rotatable bonds is 4. The second-order valence-corrected chi connectivity index (χ2v) is 8.46. The van der Waals surface area contributed by atoms with Gasteiger partial charge in [-0.05, 0) is 35.0 Å². The van der Waals surface area contributed by atoms with Crippen molar-refractivity contribution in [2.75, 3.05) is 31.1 Å². The lowest BCUT2D eigenvalue weighted by Crippen LogP contribution is -2.49. The Labute approximate surface area is 196 Å². The molecule has 0 aliphatic carbocycles. The molecule has 1 aliphatic rings. The lowest BCUT2D eigenvalue weighted by molar-refractivity contribution is -0.130. The van der Waals surface area contributed by atoms with Gasteiger partial charge in [0, 0.05) is 42.3 Å². The third-order valence-electron chi connectivity index (χ3n) is 6.06. The zero-order valence-electron chi connectivity index (χ0n) is 17.9. The van der Waals surface area contributed by atoms with E-state index in [1.54, 1.807) is 11.0 Å². The van der Waals surface area contributed by atoms with Crippen LogP contribution in [0.15, 0.2) is 72.8 Å². The standard InChI is InChI=1S/C26H22ClFN4O/c27-22-9-4-10-23(28)21(22)17-26(33)32-15-13-31(14-16-32)25-12-11-24(29-30-25)20-8-3-6-18-5-1-2-7-19(18)20/h1-12H,13-17H2. The summed E-state index contributed by atoms with van der Waals surface area (Å²) in [6.07, 6.45) is -0.0367. The van der Waals surface area contributed by atoms with Gasteiger partial charge in [0.05, 0.1) is 12.1 Å². The number of halogens is 2. The Balaban J connectivity index is 1.25. The van der Waals surface area contributed by atoms with Gasteiger partial charge in [0.1, 0.15) is 5.82 Å². The van der Waals surface area contributed by atoms with Crippen LogP contribution in [0.5, 0.6) is 0 Å². The van der Waals surface area contributed by atoms with E-state index in [4.69, 9.17) is 11.6 Å². The summed E-state index contributed by atoms with van der Waals surface area (Å²) in [7, 11) is 0. The first kappa shape index (κ1) is 21.3. The smallest absolute Gasteiger partial charge is 0.227 e. The first-order valence-corrected chi connectivity index (χ1v) is 11.3. The van der Waals surface area contributed by atoms with E-state index in [0.717, 1.165) is 22.5 Å². The van der Waals surface area contributed by atoms with E-state index >= 15 is 0 Å². The number of carbonyl (C=O) groups excluding carboxylic acids is 1. The molecule has 5 nitrogen and oxygen atoms in total. The van der Waals surface area contributed by atoms with Crippen molar-refractivity contribution >= 4 is 34.1 Å². The van der Waals surface area contributed by atoms with Gasteiger partial charge in [0.2, 0.25) is 5.91 Å². The number of aromatic nitrogens is 2. The van der Waals surface area contributed by atoms with E-state index in [0.29, 0.717) is 26.2 Å². The van der Waals surface area contributed by atoms with Gasteiger partial charge < -0.3 is 9.80 Å². The molecule has 0 radical (unpaired) electrons. The fraction of sp³-hybridized carbons (Fsp3) is 0.192. The van der Waals surface area contributed by atoms with Gasteiger partial charge in [-0.25, -0.2) is 4.39 Å². The molecule has 2 heterocycles. The summed E-state index contributed by atoms with van der Waals surface area (Å²) >= 11 is 6.07. The summed E-state index contributed by atoms with van der Waals surface area (Å²) in [5.74, 6) is 0.207. The Hall–Kier alpha value is -3.51. The van der Waals surface area contributed by atoms with Gasteiger partial charge in [0.25, 0.3) is 0 Å². The maximum Gasteiger partial charge on any atom is 0.227 e. The molecule has 0 unspecified atom stereocenters. The Bertz CT molecular complexity index is 1280. The number of carbonyl (C=O) groups is 1. The van der Waals surface area contributed by atoms with Gasteiger partial charge in [0.15, 0.2) is 5.82 Å². The lowest BCUT2D eigenvalue weighted by atomic mass is 10.0. The van der Waals surface area contributed by atoms with E-state index in [1.165, 1.54) is 17.5 Å². The molecule has 5 rings (SSSR count). The van der Waals surface area contributed by atoms with Gasteiger partial charge in [-0.3, -0.25) is 4.79 Å². The van der Waals surface area contributed by atoms with Crippen LogP contribution in [0.25, 0.3) is 22.0 Å². The van der Waals surface area contributed by atoms with Crippen LogP contribution in [0.2, 0.25) is 5.02 Å². The third-order valence-corrected chi connectivity index (χ3v) is 6.42. The molecule has 1 aromatic heterocycles. The second kappa shape index (κ2) is 9.16. The highest BCUT2D eigenvalue weighted by atomic mass is 35.5. The molecule has 1 amide bonds. The predicted molar refractivity (Wildman–Crippen MR) is 129 cm³/mol. The summed E-state index contributed by atoms with van der Waals surface area (Å²) in [4.78, 5) is 16.5. The molecule has 4 aromatic rings. The summed E-state index contributed by atoms with van der Waals surface area (Å²) in [5.41, 5.74) is 2.13. The largest absolute Gasteiger partial charge is 0.352 e. The van der Waals surface area contributed by atoms with Crippen molar-refractivity contribution in [3.05, 3.63) is 89.2 Å². The maximum absolute atomic E-state index is 14.0. The zero-order valence-corrected chi connectivity index (χ0v) is 18.7. The Morgan fingerprint density at radius 3 is 2.39 bits per heavy atom. The predicted octanol–water partition coefficient (Wildman–Crippen LogP) is 4.98. The van der Waals surface area contributed by atoms with E-state index in [9.17, 15) is 9.18 Å². The van der Waals surface area contributed by atoms with E-state index in [1.807, 2.05) is 30.3 Å². The molecule has 0 atom stereocenters. The summed E-state index contributed by atoms with van der Waals surface area (Å²) in [5, 5.41) is 11.5. The summed E-state index contributed by atoms with van der Waals surface area (Å²) < 4.78 is 14.0.